The van der Waals surface area contributed by atoms with Gasteiger partial charge in [0.15, 0.2) is 5.58 Å². The third kappa shape index (κ3) is 3.47. The van der Waals surface area contributed by atoms with Gasteiger partial charge in [0, 0.05) is 12.3 Å². The highest BCUT2D eigenvalue weighted by molar-refractivity contribution is 7.90. The molecule has 1 atom stereocenters. The van der Waals surface area contributed by atoms with Crippen LogP contribution in [0, 0.1) is 0 Å². The molecule has 0 saturated heterocycles. The summed E-state index contributed by atoms with van der Waals surface area (Å²) in [7, 11) is -3.10. The summed E-state index contributed by atoms with van der Waals surface area (Å²) in [5, 5.41) is 11.7. The molecular weight excluding hydrogens is 284 g/mol. The topological polar surface area (TPSA) is 110 Å². The van der Waals surface area contributed by atoms with Gasteiger partial charge in [0.25, 0.3) is 6.01 Å². The van der Waals surface area contributed by atoms with Gasteiger partial charge in [0.2, 0.25) is 0 Å². The van der Waals surface area contributed by atoms with Gasteiger partial charge in [-0.2, -0.15) is 4.98 Å². The summed E-state index contributed by atoms with van der Waals surface area (Å²) in [4.78, 5) is 15.0. The molecular formula is C12H14N2O5S. The summed E-state index contributed by atoms with van der Waals surface area (Å²) in [6, 6.07) is 4.14. The number of benzene rings is 1. The van der Waals surface area contributed by atoms with E-state index < -0.39 is 15.8 Å². The van der Waals surface area contributed by atoms with Crippen LogP contribution in [-0.4, -0.2) is 42.5 Å². The predicted molar refractivity (Wildman–Crippen MR) is 73.8 cm³/mol. The molecule has 7 nitrogen and oxygen atoms in total. The smallest absolute Gasteiger partial charge is 0.335 e. The molecule has 0 radical (unpaired) electrons. The largest absolute Gasteiger partial charge is 0.478 e. The van der Waals surface area contributed by atoms with E-state index in [0.717, 1.165) is 6.26 Å². The fraction of sp³-hybridized carbons (Fsp3) is 0.333. The summed E-state index contributed by atoms with van der Waals surface area (Å²) >= 11 is 0. The number of carboxylic acids is 1. The number of carbonyl (C=O) groups is 1. The van der Waals surface area contributed by atoms with Crippen LogP contribution >= 0.6 is 0 Å². The first-order valence-electron chi connectivity index (χ1n) is 5.83. The number of fused-ring (bicyclic) bond motifs is 1. The second-order valence-corrected chi connectivity index (χ2v) is 6.83. The standard InChI is InChI=1S/C12H14N2O5S/c1-7(6-20(2,17)18)13-12-14-9-4-3-8(11(15)16)5-10(9)19-12/h3-5,7H,6H2,1-2H3,(H,13,14)(H,15,16). The van der Waals surface area contributed by atoms with Gasteiger partial charge in [0.1, 0.15) is 15.4 Å². The first-order chi connectivity index (χ1) is 9.24. The third-order valence-electron chi connectivity index (χ3n) is 2.56. The Morgan fingerprint density at radius 3 is 2.80 bits per heavy atom. The van der Waals surface area contributed by atoms with Crippen molar-refractivity contribution >= 4 is 32.9 Å². The van der Waals surface area contributed by atoms with E-state index in [2.05, 4.69) is 10.3 Å². The molecule has 0 amide bonds. The van der Waals surface area contributed by atoms with Gasteiger partial charge in [-0.1, -0.05) is 0 Å². The van der Waals surface area contributed by atoms with Crippen molar-refractivity contribution in [1.82, 2.24) is 4.98 Å². The number of rotatable bonds is 5. The minimum absolute atomic E-state index is 0.0495. The molecule has 0 aliphatic carbocycles. The fourth-order valence-corrected chi connectivity index (χ4v) is 2.82. The number of hydrogen-bond acceptors (Lipinski definition) is 6. The maximum atomic E-state index is 11.2. The Kier molecular flexibility index (Phi) is 3.67. The summed E-state index contributed by atoms with van der Waals surface area (Å²) in [5.74, 6) is -1.10. The molecule has 0 fully saturated rings. The number of oxazole rings is 1. The number of carboxylic acid groups (broad SMARTS) is 1. The Morgan fingerprint density at radius 1 is 1.50 bits per heavy atom. The van der Waals surface area contributed by atoms with Crippen molar-refractivity contribution in [2.24, 2.45) is 0 Å². The van der Waals surface area contributed by atoms with Crippen molar-refractivity contribution in [2.45, 2.75) is 13.0 Å². The molecule has 8 heteroatoms. The Balaban J connectivity index is 2.21. The summed E-state index contributed by atoms with van der Waals surface area (Å²) in [6.45, 7) is 1.69. The van der Waals surface area contributed by atoms with Gasteiger partial charge in [-0.3, -0.25) is 0 Å². The molecule has 1 aromatic heterocycles. The molecule has 2 aromatic rings. The van der Waals surface area contributed by atoms with Crippen LogP contribution in [0.2, 0.25) is 0 Å². The minimum Gasteiger partial charge on any atom is -0.478 e. The van der Waals surface area contributed by atoms with E-state index in [9.17, 15) is 13.2 Å². The first-order valence-corrected chi connectivity index (χ1v) is 7.89. The molecule has 0 aliphatic rings. The summed E-state index contributed by atoms with van der Waals surface area (Å²) < 4.78 is 27.7. The molecule has 0 spiro atoms. The lowest BCUT2D eigenvalue weighted by Gasteiger charge is -2.09. The lowest BCUT2D eigenvalue weighted by molar-refractivity contribution is 0.0697. The molecule has 2 N–H and O–H groups in total. The van der Waals surface area contributed by atoms with Crippen LogP contribution < -0.4 is 5.32 Å². The Bertz CT molecular complexity index is 750. The molecule has 108 valence electrons. The number of sulfone groups is 1. The maximum Gasteiger partial charge on any atom is 0.335 e. The van der Waals surface area contributed by atoms with Crippen molar-refractivity contribution in [1.29, 1.82) is 0 Å². The van der Waals surface area contributed by atoms with E-state index in [0.29, 0.717) is 11.1 Å². The zero-order chi connectivity index (χ0) is 14.9. The van der Waals surface area contributed by atoms with Crippen LogP contribution in [0.1, 0.15) is 17.3 Å². The van der Waals surface area contributed by atoms with Crippen LogP contribution in [-0.2, 0) is 9.84 Å². The zero-order valence-electron chi connectivity index (χ0n) is 11.0. The van der Waals surface area contributed by atoms with Crippen LogP contribution in [0.25, 0.3) is 11.1 Å². The van der Waals surface area contributed by atoms with E-state index >= 15 is 0 Å². The summed E-state index contributed by atoms with van der Waals surface area (Å²) in [5.41, 5.74) is 0.937. The molecule has 1 heterocycles. The Hall–Kier alpha value is -2.09. The Morgan fingerprint density at radius 2 is 2.20 bits per heavy atom. The van der Waals surface area contributed by atoms with Crippen molar-refractivity contribution in [2.75, 3.05) is 17.3 Å². The number of aromatic nitrogens is 1. The number of nitrogens with zero attached hydrogens (tertiary/aromatic N) is 1. The molecule has 1 aromatic carbocycles. The predicted octanol–water partition coefficient (Wildman–Crippen LogP) is 1.37. The van der Waals surface area contributed by atoms with Gasteiger partial charge in [0.05, 0.1) is 11.3 Å². The average Bonchev–Trinajstić information content (AvgIpc) is 2.66. The molecule has 1 unspecified atom stereocenters. The van der Waals surface area contributed by atoms with Crippen molar-refractivity contribution in [3.63, 3.8) is 0 Å². The lowest BCUT2D eigenvalue weighted by Crippen LogP contribution is -2.25. The van der Waals surface area contributed by atoms with Crippen molar-refractivity contribution < 1.29 is 22.7 Å². The SMILES string of the molecule is CC(CS(C)(=O)=O)Nc1nc2ccc(C(=O)O)cc2o1. The van der Waals surface area contributed by atoms with Crippen LogP contribution in [0.3, 0.4) is 0 Å². The van der Waals surface area contributed by atoms with Gasteiger partial charge in [-0.05, 0) is 25.1 Å². The van der Waals surface area contributed by atoms with E-state index in [-0.39, 0.29) is 23.4 Å². The number of nitrogens with one attached hydrogen (secondary N) is 1. The molecule has 0 bridgehead atoms. The monoisotopic (exact) mass is 298 g/mol. The van der Waals surface area contributed by atoms with Crippen LogP contribution in [0.5, 0.6) is 0 Å². The minimum atomic E-state index is -3.10. The highest BCUT2D eigenvalue weighted by Gasteiger charge is 2.14. The quantitative estimate of drug-likeness (QED) is 0.857. The van der Waals surface area contributed by atoms with E-state index in [1.807, 2.05) is 0 Å². The van der Waals surface area contributed by atoms with Crippen LogP contribution in [0.15, 0.2) is 22.6 Å². The number of hydrogen-bond donors (Lipinski definition) is 2. The Labute approximate surface area is 115 Å². The van der Waals surface area contributed by atoms with Crippen molar-refractivity contribution in [3.05, 3.63) is 23.8 Å². The zero-order valence-corrected chi connectivity index (χ0v) is 11.8. The molecule has 2 rings (SSSR count). The lowest BCUT2D eigenvalue weighted by atomic mass is 10.2. The molecule has 0 saturated carbocycles. The maximum absolute atomic E-state index is 11.2. The highest BCUT2D eigenvalue weighted by Crippen LogP contribution is 2.20. The van der Waals surface area contributed by atoms with Gasteiger partial charge in [-0.25, -0.2) is 13.2 Å². The van der Waals surface area contributed by atoms with Crippen molar-refractivity contribution in [3.8, 4) is 0 Å². The van der Waals surface area contributed by atoms with E-state index in [1.165, 1.54) is 18.2 Å². The molecule has 20 heavy (non-hydrogen) atoms. The second kappa shape index (κ2) is 5.12. The average molecular weight is 298 g/mol. The number of anilines is 1. The van der Waals surface area contributed by atoms with E-state index in [4.69, 9.17) is 9.52 Å². The van der Waals surface area contributed by atoms with E-state index in [1.54, 1.807) is 6.92 Å². The van der Waals surface area contributed by atoms with Crippen LogP contribution in [0.4, 0.5) is 6.01 Å². The summed E-state index contributed by atoms with van der Waals surface area (Å²) in [6.07, 6.45) is 1.15. The first kappa shape index (κ1) is 14.3. The third-order valence-corrected chi connectivity index (χ3v) is 3.66. The highest BCUT2D eigenvalue weighted by atomic mass is 32.2. The number of aromatic carboxylic acids is 1. The van der Waals surface area contributed by atoms with Gasteiger partial charge in [-0.15, -0.1) is 0 Å². The van der Waals surface area contributed by atoms with Gasteiger partial charge >= 0.3 is 5.97 Å². The molecule has 0 aliphatic heterocycles. The second-order valence-electron chi connectivity index (χ2n) is 4.64. The normalized spacial score (nSPS) is 13.3. The fourth-order valence-electron chi connectivity index (χ4n) is 1.83. The van der Waals surface area contributed by atoms with Gasteiger partial charge < -0.3 is 14.8 Å².